The first kappa shape index (κ1) is 27.5. The first-order valence-corrected chi connectivity index (χ1v) is 12.9. The number of nitrogen functional groups attached to an aromatic ring is 1. The zero-order valence-electron chi connectivity index (χ0n) is 21.2. The molecule has 38 heavy (non-hydrogen) atoms. The van der Waals surface area contributed by atoms with E-state index in [-0.39, 0.29) is 35.8 Å². The maximum absolute atomic E-state index is 15.0. The fourth-order valence-electron chi connectivity index (χ4n) is 4.62. The number of carbonyl (C=O) groups excluding carboxylic acids is 2. The first-order chi connectivity index (χ1) is 18.3. The van der Waals surface area contributed by atoms with Crippen molar-refractivity contribution < 1.29 is 18.7 Å². The second kappa shape index (κ2) is 12.8. The molecule has 0 radical (unpaired) electrons. The third-order valence-electron chi connectivity index (χ3n) is 6.69. The van der Waals surface area contributed by atoms with Crippen LogP contribution in [0.2, 0.25) is 5.02 Å². The van der Waals surface area contributed by atoms with Crippen molar-refractivity contribution in [2.75, 3.05) is 19.5 Å². The molecule has 1 aliphatic carbocycles. The number of nitrogens with zero attached hydrogens (tertiary/aromatic N) is 2. The zero-order chi connectivity index (χ0) is 27.1. The minimum absolute atomic E-state index is 0.00604. The Labute approximate surface area is 226 Å². The van der Waals surface area contributed by atoms with Crippen LogP contribution in [0.25, 0.3) is 11.3 Å². The highest BCUT2D eigenvalue weighted by Gasteiger charge is 2.25. The molecule has 1 aromatic heterocycles. The number of amides is 2. The SMILES string of the molecule is COCCC(=O)NC1CCC(c2cnc(N)c(-c3ccc(C(=O)NCc4cccc(Cl)c4)c(F)c3)n2)CC1. The molecule has 0 aliphatic heterocycles. The van der Waals surface area contributed by atoms with Crippen molar-refractivity contribution in [3.63, 3.8) is 0 Å². The van der Waals surface area contributed by atoms with Gasteiger partial charge in [-0.3, -0.25) is 9.59 Å². The Kier molecular flexibility index (Phi) is 9.25. The topological polar surface area (TPSA) is 119 Å². The number of halogens is 2. The van der Waals surface area contributed by atoms with Crippen LogP contribution in [0.3, 0.4) is 0 Å². The van der Waals surface area contributed by atoms with Gasteiger partial charge in [0, 0.05) is 42.6 Å². The fraction of sp³-hybridized carbons (Fsp3) is 0.357. The van der Waals surface area contributed by atoms with E-state index < -0.39 is 11.7 Å². The van der Waals surface area contributed by atoms with Gasteiger partial charge in [-0.2, -0.15) is 0 Å². The molecule has 0 unspecified atom stereocenters. The Balaban J connectivity index is 1.41. The minimum atomic E-state index is -0.678. The van der Waals surface area contributed by atoms with Gasteiger partial charge in [0.15, 0.2) is 0 Å². The summed E-state index contributed by atoms with van der Waals surface area (Å²) in [6.07, 6.45) is 5.36. The fourth-order valence-corrected chi connectivity index (χ4v) is 4.83. The highest BCUT2D eigenvalue weighted by molar-refractivity contribution is 6.30. The Morgan fingerprint density at radius 3 is 2.66 bits per heavy atom. The molecular formula is C28H31ClFN5O3. The van der Waals surface area contributed by atoms with Gasteiger partial charge in [-0.1, -0.05) is 29.8 Å². The average Bonchev–Trinajstić information content (AvgIpc) is 2.91. The molecule has 4 N–H and O–H groups in total. The van der Waals surface area contributed by atoms with Crippen molar-refractivity contribution in [2.45, 2.75) is 50.6 Å². The molecule has 1 heterocycles. The first-order valence-electron chi connectivity index (χ1n) is 12.6. The molecular weight excluding hydrogens is 509 g/mol. The van der Waals surface area contributed by atoms with E-state index in [2.05, 4.69) is 15.6 Å². The van der Waals surface area contributed by atoms with Crippen LogP contribution in [0.15, 0.2) is 48.7 Å². The van der Waals surface area contributed by atoms with Gasteiger partial charge in [-0.25, -0.2) is 14.4 Å². The quantitative estimate of drug-likeness (QED) is 0.365. The predicted molar refractivity (Wildman–Crippen MR) is 144 cm³/mol. The summed E-state index contributed by atoms with van der Waals surface area (Å²) in [5, 5.41) is 6.33. The number of benzene rings is 2. The lowest BCUT2D eigenvalue weighted by atomic mass is 9.84. The number of hydrogen-bond acceptors (Lipinski definition) is 6. The van der Waals surface area contributed by atoms with E-state index in [0.717, 1.165) is 36.9 Å². The summed E-state index contributed by atoms with van der Waals surface area (Å²) in [7, 11) is 1.57. The van der Waals surface area contributed by atoms with Crippen LogP contribution in [-0.2, 0) is 16.1 Å². The van der Waals surface area contributed by atoms with E-state index in [9.17, 15) is 14.0 Å². The van der Waals surface area contributed by atoms with E-state index in [1.807, 2.05) is 6.07 Å². The van der Waals surface area contributed by atoms with Gasteiger partial charge >= 0.3 is 0 Å². The van der Waals surface area contributed by atoms with Crippen LogP contribution in [0.4, 0.5) is 10.2 Å². The molecule has 200 valence electrons. The minimum Gasteiger partial charge on any atom is -0.384 e. The summed E-state index contributed by atoms with van der Waals surface area (Å²) < 4.78 is 19.9. The molecule has 0 spiro atoms. The number of rotatable bonds is 9. The zero-order valence-corrected chi connectivity index (χ0v) is 21.9. The Bertz CT molecular complexity index is 1300. The molecule has 2 amide bonds. The van der Waals surface area contributed by atoms with Gasteiger partial charge < -0.3 is 21.1 Å². The van der Waals surface area contributed by atoms with Gasteiger partial charge in [-0.15, -0.1) is 0 Å². The maximum Gasteiger partial charge on any atom is 0.254 e. The Morgan fingerprint density at radius 1 is 1.16 bits per heavy atom. The normalized spacial score (nSPS) is 17.1. The number of hydrogen-bond donors (Lipinski definition) is 3. The van der Waals surface area contributed by atoms with Crippen molar-refractivity contribution >= 4 is 29.2 Å². The molecule has 0 bridgehead atoms. The highest BCUT2D eigenvalue weighted by atomic mass is 35.5. The summed E-state index contributed by atoms with van der Waals surface area (Å²) >= 11 is 5.98. The molecule has 3 aromatic rings. The van der Waals surface area contributed by atoms with Crippen molar-refractivity contribution in [1.29, 1.82) is 0 Å². The van der Waals surface area contributed by atoms with E-state index in [4.69, 9.17) is 27.1 Å². The van der Waals surface area contributed by atoms with E-state index in [0.29, 0.717) is 29.3 Å². The number of carbonyl (C=O) groups is 2. The van der Waals surface area contributed by atoms with E-state index in [1.165, 1.54) is 12.1 Å². The predicted octanol–water partition coefficient (Wildman–Crippen LogP) is 4.63. The molecule has 2 aromatic carbocycles. The van der Waals surface area contributed by atoms with E-state index in [1.54, 1.807) is 37.6 Å². The van der Waals surface area contributed by atoms with Gasteiger partial charge in [0.2, 0.25) is 5.91 Å². The number of nitrogens with one attached hydrogen (secondary N) is 2. The number of methoxy groups -OCH3 is 1. The lowest BCUT2D eigenvalue weighted by molar-refractivity contribution is -0.122. The van der Waals surface area contributed by atoms with Crippen LogP contribution in [0, 0.1) is 5.82 Å². The van der Waals surface area contributed by atoms with Crippen LogP contribution >= 0.6 is 11.6 Å². The second-order valence-corrected chi connectivity index (χ2v) is 9.83. The molecule has 1 aliphatic rings. The number of ether oxygens (including phenoxy) is 1. The number of nitrogens with two attached hydrogens (primary N) is 1. The third kappa shape index (κ3) is 7.05. The van der Waals surface area contributed by atoms with Gasteiger partial charge in [0.1, 0.15) is 17.3 Å². The van der Waals surface area contributed by atoms with Gasteiger partial charge in [-0.05, 0) is 55.5 Å². The van der Waals surface area contributed by atoms with Crippen LogP contribution in [0.1, 0.15) is 59.6 Å². The second-order valence-electron chi connectivity index (χ2n) is 9.39. The Hall–Kier alpha value is -3.56. The Morgan fingerprint density at radius 2 is 1.95 bits per heavy atom. The molecule has 4 rings (SSSR count). The number of aromatic nitrogens is 2. The maximum atomic E-state index is 15.0. The van der Waals surface area contributed by atoms with E-state index >= 15 is 0 Å². The third-order valence-corrected chi connectivity index (χ3v) is 6.93. The molecule has 8 nitrogen and oxygen atoms in total. The van der Waals surface area contributed by atoms with Crippen molar-refractivity contribution in [3.05, 3.63) is 76.3 Å². The van der Waals surface area contributed by atoms with Gasteiger partial charge in [0.25, 0.3) is 5.91 Å². The monoisotopic (exact) mass is 539 g/mol. The van der Waals surface area contributed by atoms with Crippen LogP contribution in [-0.4, -0.2) is 41.5 Å². The summed E-state index contributed by atoms with van der Waals surface area (Å²) in [4.78, 5) is 33.6. The van der Waals surface area contributed by atoms with Crippen LogP contribution in [0.5, 0.6) is 0 Å². The van der Waals surface area contributed by atoms with Crippen LogP contribution < -0.4 is 16.4 Å². The lowest BCUT2D eigenvalue weighted by Crippen LogP contribution is -2.37. The smallest absolute Gasteiger partial charge is 0.254 e. The molecule has 1 fully saturated rings. The molecule has 10 heteroatoms. The summed E-state index contributed by atoms with van der Waals surface area (Å²) in [5.41, 5.74) is 8.43. The van der Waals surface area contributed by atoms with Crippen molar-refractivity contribution in [1.82, 2.24) is 20.6 Å². The molecule has 0 atom stereocenters. The van der Waals surface area contributed by atoms with Gasteiger partial charge in [0.05, 0.1) is 24.1 Å². The summed E-state index contributed by atoms with van der Waals surface area (Å²) in [5.74, 6) is -0.871. The largest absolute Gasteiger partial charge is 0.384 e. The van der Waals surface area contributed by atoms with Crippen molar-refractivity contribution in [2.24, 2.45) is 0 Å². The summed E-state index contributed by atoms with van der Waals surface area (Å²) in [6, 6.07) is 11.5. The highest BCUT2D eigenvalue weighted by Crippen LogP contribution is 2.34. The molecule has 1 saturated carbocycles. The lowest BCUT2D eigenvalue weighted by Gasteiger charge is -2.29. The molecule has 0 saturated heterocycles. The standard InChI is InChI=1S/C28H31ClFN5O3/c1-38-12-11-25(36)34-21-8-5-18(6-9-21)24-16-32-27(31)26(35-24)19-7-10-22(23(30)14-19)28(37)33-15-17-3-2-4-20(29)13-17/h2-4,7,10,13-14,16,18,21H,5-6,8-9,11-12,15H2,1H3,(H2,31,32)(H,33,37)(H,34,36). The number of anilines is 1. The average molecular weight is 540 g/mol. The van der Waals surface area contributed by atoms with Crippen molar-refractivity contribution in [3.8, 4) is 11.3 Å². The summed E-state index contributed by atoms with van der Waals surface area (Å²) in [6.45, 7) is 0.625.